The van der Waals surface area contributed by atoms with Gasteiger partial charge in [-0.25, -0.2) is 0 Å². The molecule has 1 aromatic carbocycles. The lowest BCUT2D eigenvalue weighted by Crippen LogP contribution is -2.62. The molecule has 1 heterocycles. The predicted octanol–water partition coefficient (Wildman–Crippen LogP) is 4.50. The number of halogens is 1. The number of hydrogen-bond donors (Lipinski definition) is 1. The molecule has 0 aliphatic carbocycles. The minimum atomic E-state index is 0.259. The molecule has 2 nitrogen and oxygen atoms in total. The third-order valence-electron chi connectivity index (χ3n) is 4.65. The van der Waals surface area contributed by atoms with E-state index in [4.69, 9.17) is 11.6 Å². The van der Waals surface area contributed by atoms with Crippen molar-refractivity contribution in [3.8, 4) is 0 Å². The van der Waals surface area contributed by atoms with Crippen LogP contribution in [-0.4, -0.2) is 25.2 Å². The van der Waals surface area contributed by atoms with Crippen LogP contribution in [0.2, 0.25) is 5.02 Å². The van der Waals surface area contributed by atoms with Gasteiger partial charge >= 0.3 is 0 Å². The quantitative estimate of drug-likeness (QED) is 0.865. The molecule has 0 saturated carbocycles. The number of anilines is 1. The maximum absolute atomic E-state index is 6.34. The monoisotopic (exact) mass is 308 g/mol. The van der Waals surface area contributed by atoms with Crippen molar-refractivity contribution >= 4 is 17.3 Å². The molecule has 0 spiro atoms. The van der Waals surface area contributed by atoms with Gasteiger partial charge < -0.3 is 10.2 Å². The van der Waals surface area contributed by atoms with Crippen LogP contribution in [0.1, 0.15) is 40.2 Å². The van der Waals surface area contributed by atoms with Crippen LogP contribution in [0.3, 0.4) is 0 Å². The average Bonchev–Trinajstić information content (AvgIpc) is 2.40. The van der Waals surface area contributed by atoms with Gasteiger partial charge in [0.2, 0.25) is 0 Å². The van der Waals surface area contributed by atoms with Gasteiger partial charge in [0.25, 0.3) is 0 Å². The summed E-state index contributed by atoms with van der Waals surface area (Å²) in [4.78, 5) is 2.54. The van der Waals surface area contributed by atoms with Gasteiger partial charge in [-0.3, -0.25) is 0 Å². The number of nitrogens with zero attached hydrogens (tertiary/aromatic N) is 1. The van der Waals surface area contributed by atoms with Crippen molar-refractivity contribution in [3.63, 3.8) is 0 Å². The van der Waals surface area contributed by atoms with Crippen LogP contribution in [-0.2, 0) is 0 Å². The van der Waals surface area contributed by atoms with Gasteiger partial charge in [-0.15, -0.1) is 0 Å². The summed E-state index contributed by atoms with van der Waals surface area (Å²) in [5, 5.41) is 4.60. The van der Waals surface area contributed by atoms with Crippen LogP contribution in [0.15, 0.2) is 18.2 Å². The average molecular weight is 309 g/mol. The molecule has 1 fully saturated rings. The van der Waals surface area contributed by atoms with Crippen molar-refractivity contribution in [1.29, 1.82) is 0 Å². The molecule has 2 rings (SSSR count). The molecular formula is C18H29ClN2. The van der Waals surface area contributed by atoms with Gasteiger partial charge in [0.05, 0.1) is 0 Å². The van der Waals surface area contributed by atoms with Gasteiger partial charge in [-0.1, -0.05) is 52.3 Å². The second-order valence-electron chi connectivity index (χ2n) is 7.72. The van der Waals surface area contributed by atoms with E-state index in [9.17, 15) is 0 Å². The Balaban J connectivity index is 2.31. The standard InChI is InChI=1S/C18H29ClN2/c1-12(2)16-10-20-17(18(4,5)6)11-21(16)14-8-7-13(3)15(19)9-14/h7-9,12,16-17,20H,10-11H2,1-6H3. The van der Waals surface area contributed by atoms with Crippen LogP contribution in [0, 0.1) is 18.3 Å². The van der Waals surface area contributed by atoms with E-state index < -0.39 is 0 Å². The lowest BCUT2D eigenvalue weighted by Gasteiger charge is -2.47. The van der Waals surface area contributed by atoms with Gasteiger partial charge in [0.15, 0.2) is 0 Å². The first-order valence-corrected chi connectivity index (χ1v) is 8.34. The van der Waals surface area contributed by atoms with E-state index in [0.29, 0.717) is 18.0 Å². The van der Waals surface area contributed by atoms with Crippen LogP contribution < -0.4 is 10.2 Å². The van der Waals surface area contributed by atoms with E-state index in [1.807, 2.05) is 0 Å². The summed E-state index contributed by atoms with van der Waals surface area (Å²) in [6.07, 6.45) is 0. The smallest absolute Gasteiger partial charge is 0.0455 e. The Kier molecular flexibility index (Phi) is 4.89. The highest BCUT2D eigenvalue weighted by Gasteiger charge is 2.35. The topological polar surface area (TPSA) is 15.3 Å². The number of benzene rings is 1. The molecular weight excluding hydrogens is 280 g/mol. The van der Waals surface area contributed by atoms with E-state index >= 15 is 0 Å². The Hall–Kier alpha value is -0.730. The van der Waals surface area contributed by atoms with Gasteiger partial charge in [0.1, 0.15) is 0 Å². The second kappa shape index (κ2) is 6.18. The zero-order valence-corrected chi connectivity index (χ0v) is 15.0. The molecule has 1 N–H and O–H groups in total. The van der Waals surface area contributed by atoms with Crippen molar-refractivity contribution in [1.82, 2.24) is 5.32 Å². The van der Waals surface area contributed by atoms with Crippen molar-refractivity contribution in [2.24, 2.45) is 11.3 Å². The minimum absolute atomic E-state index is 0.259. The van der Waals surface area contributed by atoms with E-state index in [2.05, 4.69) is 70.0 Å². The molecule has 2 atom stereocenters. The molecule has 1 aromatic rings. The van der Waals surface area contributed by atoms with Gasteiger partial charge in [-0.2, -0.15) is 0 Å². The summed E-state index contributed by atoms with van der Waals surface area (Å²) < 4.78 is 0. The highest BCUT2D eigenvalue weighted by atomic mass is 35.5. The normalized spacial score (nSPS) is 23.7. The third-order valence-corrected chi connectivity index (χ3v) is 5.06. The van der Waals surface area contributed by atoms with Crippen molar-refractivity contribution in [2.45, 2.75) is 53.6 Å². The molecule has 1 aliphatic heterocycles. The Morgan fingerprint density at radius 3 is 2.48 bits per heavy atom. The second-order valence-corrected chi connectivity index (χ2v) is 8.13. The van der Waals surface area contributed by atoms with Gasteiger partial charge in [-0.05, 0) is 36.0 Å². The van der Waals surface area contributed by atoms with Crippen LogP contribution >= 0.6 is 11.6 Å². The number of piperazine rings is 1. The fourth-order valence-electron chi connectivity index (χ4n) is 3.00. The number of hydrogen-bond acceptors (Lipinski definition) is 2. The summed E-state index contributed by atoms with van der Waals surface area (Å²) in [5.74, 6) is 0.610. The Bertz CT molecular complexity index is 490. The first-order valence-electron chi connectivity index (χ1n) is 7.96. The zero-order chi connectivity index (χ0) is 15.8. The summed E-state index contributed by atoms with van der Waals surface area (Å²) in [6.45, 7) is 15.6. The van der Waals surface area contributed by atoms with Crippen LogP contribution in [0.5, 0.6) is 0 Å². The Morgan fingerprint density at radius 2 is 1.95 bits per heavy atom. The van der Waals surface area contributed by atoms with E-state index in [0.717, 1.165) is 23.7 Å². The van der Waals surface area contributed by atoms with E-state index in [1.54, 1.807) is 0 Å². The van der Waals surface area contributed by atoms with Crippen molar-refractivity contribution in [2.75, 3.05) is 18.0 Å². The first-order chi connectivity index (χ1) is 9.70. The first kappa shape index (κ1) is 16.6. The van der Waals surface area contributed by atoms with Crippen LogP contribution in [0.25, 0.3) is 0 Å². The lowest BCUT2D eigenvalue weighted by atomic mass is 9.83. The fraction of sp³-hybridized carbons (Fsp3) is 0.667. The molecule has 0 radical (unpaired) electrons. The van der Waals surface area contributed by atoms with Crippen molar-refractivity contribution in [3.05, 3.63) is 28.8 Å². The van der Waals surface area contributed by atoms with Crippen LogP contribution in [0.4, 0.5) is 5.69 Å². The summed E-state index contributed by atoms with van der Waals surface area (Å²) in [6, 6.07) is 7.47. The Morgan fingerprint density at radius 1 is 1.29 bits per heavy atom. The number of rotatable bonds is 2. The third kappa shape index (κ3) is 3.73. The molecule has 0 aromatic heterocycles. The highest BCUT2D eigenvalue weighted by molar-refractivity contribution is 6.31. The molecule has 3 heteroatoms. The molecule has 1 aliphatic rings. The van der Waals surface area contributed by atoms with E-state index in [-0.39, 0.29) is 5.41 Å². The van der Waals surface area contributed by atoms with Gasteiger partial charge in [0, 0.05) is 35.9 Å². The summed E-state index contributed by atoms with van der Waals surface area (Å²) in [7, 11) is 0. The lowest BCUT2D eigenvalue weighted by molar-refractivity contribution is 0.221. The fourth-order valence-corrected chi connectivity index (χ4v) is 3.18. The Labute approximate surface area is 134 Å². The molecule has 118 valence electrons. The summed E-state index contributed by atoms with van der Waals surface area (Å²) >= 11 is 6.34. The highest BCUT2D eigenvalue weighted by Crippen LogP contribution is 2.31. The number of aryl methyl sites for hydroxylation is 1. The molecule has 0 bridgehead atoms. The maximum Gasteiger partial charge on any atom is 0.0455 e. The zero-order valence-electron chi connectivity index (χ0n) is 14.2. The molecule has 0 amide bonds. The van der Waals surface area contributed by atoms with Crippen molar-refractivity contribution < 1.29 is 0 Å². The maximum atomic E-state index is 6.34. The predicted molar refractivity (Wildman–Crippen MR) is 93.4 cm³/mol. The largest absolute Gasteiger partial charge is 0.365 e. The minimum Gasteiger partial charge on any atom is -0.365 e. The number of nitrogens with one attached hydrogen (secondary N) is 1. The SMILES string of the molecule is Cc1ccc(N2CC(C(C)(C)C)NCC2C(C)C)cc1Cl. The van der Waals surface area contributed by atoms with E-state index in [1.165, 1.54) is 5.69 Å². The molecule has 1 saturated heterocycles. The summed E-state index contributed by atoms with van der Waals surface area (Å²) in [5.41, 5.74) is 2.65. The molecule has 21 heavy (non-hydrogen) atoms. The molecule has 2 unspecified atom stereocenters.